The van der Waals surface area contributed by atoms with Crippen molar-refractivity contribution in [2.24, 2.45) is 5.92 Å². The Morgan fingerprint density at radius 3 is 2.76 bits per heavy atom. The molecule has 3 N–H and O–H groups in total. The van der Waals surface area contributed by atoms with E-state index in [0.717, 1.165) is 24.9 Å². The highest BCUT2D eigenvalue weighted by atomic mass is 16.2. The molecule has 0 saturated carbocycles. The summed E-state index contributed by atoms with van der Waals surface area (Å²) in [5.41, 5.74) is 2.18. The number of hydrogen-bond acceptors (Lipinski definition) is 3. The summed E-state index contributed by atoms with van der Waals surface area (Å²) >= 11 is 0. The van der Waals surface area contributed by atoms with Gasteiger partial charge in [0.05, 0.1) is 6.04 Å². The van der Waals surface area contributed by atoms with Crippen LogP contribution in [0.2, 0.25) is 0 Å². The molecule has 5 heteroatoms. The summed E-state index contributed by atoms with van der Waals surface area (Å²) in [6, 6.07) is 5.16. The van der Waals surface area contributed by atoms with Crippen molar-refractivity contribution in [1.82, 2.24) is 10.6 Å². The molecule has 0 spiro atoms. The Morgan fingerprint density at radius 1 is 1.33 bits per heavy atom. The van der Waals surface area contributed by atoms with Gasteiger partial charge in [-0.2, -0.15) is 0 Å². The van der Waals surface area contributed by atoms with Gasteiger partial charge in [-0.05, 0) is 49.9 Å². The fraction of sp³-hybridized carbons (Fsp3) is 0.500. The molecule has 0 bridgehead atoms. The molecule has 2 rings (SSSR count). The summed E-state index contributed by atoms with van der Waals surface area (Å²) in [6.45, 7) is 4.95. The van der Waals surface area contributed by atoms with Gasteiger partial charge in [0.15, 0.2) is 0 Å². The van der Waals surface area contributed by atoms with Crippen LogP contribution in [0.3, 0.4) is 0 Å². The zero-order valence-electron chi connectivity index (χ0n) is 12.8. The smallest absolute Gasteiger partial charge is 0.251 e. The number of carbonyl (C=O) groups excluding carboxylic acids is 2. The summed E-state index contributed by atoms with van der Waals surface area (Å²) in [4.78, 5) is 24.0. The number of benzene rings is 1. The third-order valence-electron chi connectivity index (χ3n) is 3.97. The second-order valence-electron chi connectivity index (χ2n) is 5.73. The number of anilines is 1. The zero-order valence-corrected chi connectivity index (χ0v) is 12.8. The molecule has 1 aromatic rings. The molecule has 2 amide bonds. The Kier molecular flexibility index (Phi) is 4.96. The van der Waals surface area contributed by atoms with Crippen LogP contribution in [0, 0.1) is 12.8 Å². The SMILES string of the molecule is CNC(=O)c1ccc(C)c(NC(=O)C2CC(C)CCN2)c1. The van der Waals surface area contributed by atoms with E-state index in [1.807, 2.05) is 13.0 Å². The second-order valence-corrected chi connectivity index (χ2v) is 5.73. The Hall–Kier alpha value is -1.88. The van der Waals surface area contributed by atoms with Crippen molar-refractivity contribution >= 4 is 17.5 Å². The predicted octanol–water partition coefficient (Wildman–Crippen LogP) is 1.68. The number of hydrogen-bond donors (Lipinski definition) is 3. The van der Waals surface area contributed by atoms with E-state index in [1.54, 1.807) is 19.2 Å². The normalized spacial score (nSPS) is 21.7. The Bertz CT molecular complexity index is 542. The molecular weight excluding hydrogens is 266 g/mol. The first kappa shape index (κ1) is 15.5. The molecule has 21 heavy (non-hydrogen) atoms. The first-order valence-electron chi connectivity index (χ1n) is 7.38. The molecular formula is C16H23N3O2. The van der Waals surface area contributed by atoms with Crippen LogP contribution < -0.4 is 16.0 Å². The topological polar surface area (TPSA) is 70.2 Å². The summed E-state index contributed by atoms with van der Waals surface area (Å²) in [7, 11) is 1.59. The minimum atomic E-state index is -0.157. The molecule has 2 atom stereocenters. The van der Waals surface area contributed by atoms with Gasteiger partial charge in [-0.25, -0.2) is 0 Å². The first-order valence-corrected chi connectivity index (χ1v) is 7.38. The van der Waals surface area contributed by atoms with Gasteiger partial charge in [-0.3, -0.25) is 9.59 Å². The number of nitrogens with one attached hydrogen (secondary N) is 3. The highest BCUT2D eigenvalue weighted by Gasteiger charge is 2.24. The maximum absolute atomic E-state index is 12.3. The molecule has 2 unspecified atom stereocenters. The fourth-order valence-corrected chi connectivity index (χ4v) is 2.57. The Morgan fingerprint density at radius 2 is 2.10 bits per heavy atom. The van der Waals surface area contributed by atoms with Crippen LogP contribution >= 0.6 is 0 Å². The molecule has 1 fully saturated rings. The molecule has 0 aromatic heterocycles. The Balaban J connectivity index is 2.11. The molecule has 1 saturated heterocycles. The van der Waals surface area contributed by atoms with Gasteiger partial charge in [0.1, 0.15) is 0 Å². The van der Waals surface area contributed by atoms with E-state index in [2.05, 4.69) is 22.9 Å². The number of piperidine rings is 1. The largest absolute Gasteiger partial charge is 0.355 e. The number of rotatable bonds is 3. The molecule has 1 aliphatic rings. The lowest BCUT2D eigenvalue weighted by molar-refractivity contribution is -0.119. The van der Waals surface area contributed by atoms with E-state index in [9.17, 15) is 9.59 Å². The van der Waals surface area contributed by atoms with Gasteiger partial charge in [0.25, 0.3) is 5.91 Å². The maximum atomic E-state index is 12.3. The number of carbonyl (C=O) groups is 2. The molecule has 1 aromatic carbocycles. The molecule has 114 valence electrons. The highest BCUT2D eigenvalue weighted by Crippen LogP contribution is 2.20. The average Bonchev–Trinajstić information content (AvgIpc) is 2.48. The van der Waals surface area contributed by atoms with Gasteiger partial charge >= 0.3 is 0 Å². The van der Waals surface area contributed by atoms with Crippen molar-refractivity contribution in [3.05, 3.63) is 29.3 Å². The molecule has 5 nitrogen and oxygen atoms in total. The van der Waals surface area contributed by atoms with E-state index < -0.39 is 0 Å². The van der Waals surface area contributed by atoms with Crippen molar-refractivity contribution in [3.63, 3.8) is 0 Å². The molecule has 0 radical (unpaired) electrons. The summed E-state index contributed by atoms with van der Waals surface area (Å²) < 4.78 is 0. The molecule has 1 heterocycles. The monoisotopic (exact) mass is 289 g/mol. The minimum Gasteiger partial charge on any atom is -0.355 e. The van der Waals surface area contributed by atoms with Crippen molar-refractivity contribution in [1.29, 1.82) is 0 Å². The summed E-state index contributed by atoms with van der Waals surface area (Å²) in [6.07, 6.45) is 1.95. The highest BCUT2D eigenvalue weighted by molar-refractivity contribution is 5.99. The van der Waals surface area contributed by atoms with E-state index >= 15 is 0 Å². The van der Waals surface area contributed by atoms with Crippen molar-refractivity contribution in [3.8, 4) is 0 Å². The average molecular weight is 289 g/mol. The predicted molar refractivity (Wildman–Crippen MR) is 83.4 cm³/mol. The van der Waals surface area contributed by atoms with Gasteiger partial charge in [-0.1, -0.05) is 13.0 Å². The van der Waals surface area contributed by atoms with Crippen molar-refractivity contribution in [2.75, 3.05) is 18.9 Å². The van der Waals surface area contributed by atoms with Crippen LogP contribution in [0.4, 0.5) is 5.69 Å². The lowest BCUT2D eigenvalue weighted by Crippen LogP contribution is -2.45. The standard InChI is InChI=1S/C16H23N3O2/c1-10-6-7-18-14(8-10)16(21)19-13-9-12(15(20)17-3)5-4-11(13)2/h4-5,9-10,14,18H,6-8H2,1-3H3,(H,17,20)(H,19,21). The van der Waals surface area contributed by atoms with Crippen LogP contribution in [-0.2, 0) is 4.79 Å². The summed E-state index contributed by atoms with van der Waals surface area (Å²) in [5, 5.41) is 8.77. The van der Waals surface area contributed by atoms with Gasteiger partial charge in [0.2, 0.25) is 5.91 Å². The van der Waals surface area contributed by atoms with Crippen LogP contribution in [-0.4, -0.2) is 31.4 Å². The van der Waals surface area contributed by atoms with Crippen LogP contribution in [0.5, 0.6) is 0 Å². The van der Waals surface area contributed by atoms with Crippen LogP contribution in [0.1, 0.15) is 35.7 Å². The first-order chi connectivity index (χ1) is 10.0. The number of amides is 2. The lowest BCUT2D eigenvalue weighted by atomic mass is 9.94. The fourth-order valence-electron chi connectivity index (χ4n) is 2.57. The lowest BCUT2D eigenvalue weighted by Gasteiger charge is -2.27. The van der Waals surface area contributed by atoms with Crippen LogP contribution in [0.15, 0.2) is 18.2 Å². The third-order valence-corrected chi connectivity index (χ3v) is 3.97. The van der Waals surface area contributed by atoms with Gasteiger partial charge in [-0.15, -0.1) is 0 Å². The van der Waals surface area contributed by atoms with E-state index in [-0.39, 0.29) is 17.9 Å². The van der Waals surface area contributed by atoms with E-state index in [4.69, 9.17) is 0 Å². The van der Waals surface area contributed by atoms with Crippen molar-refractivity contribution < 1.29 is 9.59 Å². The Labute approximate surface area is 125 Å². The minimum absolute atomic E-state index is 0.0290. The van der Waals surface area contributed by atoms with E-state index in [1.165, 1.54) is 0 Å². The second kappa shape index (κ2) is 6.72. The molecule has 0 aliphatic carbocycles. The summed E-state index contributed by atoms with van der Waals surface area (Å²) in [5.74, 6) is 0.369. The number of aryl methyl sites for hydroxylation is 1. The maximum Gasteiger partial charge on any atom is 0.251 e. The van der Waals surface area contributed by atoms with E-state index in [0.29, 0.717) is 17.2 Å². The quantitative estimate of drug-likeness (QED) is 0.793. The molecule has 1 aliphatic heterocycles. The third kappa shape index (κ3) is 3.82. The van der Waals surface area contributed by atoms with Crippen molar-refractivity contribution in [2.45, 2.75) is 32.7 Å². The van der Waals surface area contributed by atoms with Crippen LogP contribution in [0.25, 0.3) is 0 Å². The van der Waals surface area contributed by atoms with Gasteiger partial charge < -0.3 is 16.0 Å². The zero-order chi connectivity index (χ0) is 15.4. The van der Waals surface area contributed by atoms with Gasteiger partial charge in [0, 0.05) is 18.3 Å².